The molecule has 0 aliphatic carbocycles. The molecule has 0 fully saturated rings. The van der Waals surface area contributed by atoms with Crippen LogP contribution in [0.1, 0.15) is 6.92 Å². The van der Waals surface area contributed by atoms with Gasteiger partial charge in [-0.1, -0.05) is 6.58 Å². The summed E-state index contributed by atoms with van der Waals surface area (Å²) in [7, 11) is 0. The van der Waals surface area contributed by atoms with Crippen LogP contribution in [0.15, 0.2) is 12.3 Å². The summed E-state index contributed by atoms with van der Waals surface area (Å²) in [5.41, 5.74) is 0. The number of allylic oxidation sites excluding steroid dienone is 1. The molecule has 0 heterocycles. The summed E-state index contributed by atoms with van der Waals surface area (Å²) in [6.07, 6.45) is 0. The van der Waals surface area contributed by atoms with Gasteiger partial charge in [-0.25, -0.2) is 0 Å². The highest BCUT2D eigenvalue weighted by Crippen LogP contribution is 1.94. The Morgan fingerprint density at radius 3 is 2.67 bits per heavy atom. The molecule has 0 radical (unpaired) electrons. The number of ether oxygens (including phenoxy) is 1. The molecule has 0 aromatic carbocycles. The summed E-state index contributed by atoms with van der Waals surface area (Å²) in [5.74, 6) is 0.405. The third-order valence-corrected chi connectivity index (χ3v) is 0.900. The van der Waals surface area contributed by atoms with Crippen LogP contribution in [0.3, 0.4) is 0 Å². The molecule has 0 rings (SSSR count). The zero-order valence-electron chi connectivity index (χ0n) is 5.32. The molecule has 0 saturated heterocycles. The van der Waals surface area contributed by atoms with Crippen molar-refractivity contribution in [2.75, 3.05) is 12.5 Å². The van der Waals surface area contributed by atoms with Gasteiger partial charge in [-0.15, -0.1) is 11.6 Å². The van der Waals surface area contributed by atoms with Crippen LogP contribution in [-0.2, 0) is 9.53 Å². The monoisotopic (exact) mass is 148 g/mol. The van der Waals surface area contributed by atoms with Crippen molar-refractivity contribution in [1.82, 2.24) is 0 Å². The SMILES string of the molecule is C=C(OCCCl)C(C)=O. The summed E-state index contributed by atoms with van der Waals surface area (Å²) in [4.78, 5) is 10.4. The number of Topliss-reactive ketones (excluding diaryl/α,β-unsaturated/α-hetero) is 1. The molecule has 0 aliphatic heterocycles. The van der Waals surface area contributed by atoms with E-state index in [0.29, 0.717) is 12.5 Å². The lowest BCUT2D eigenvalue weighted by atomic mass is 10.4. The third-order valence-electron chi connectivity index (χ3n) is 0.746. The predicted octanol–water partition coefficient (Wildman–Crippen LogP) is 1.34. The highest BCUT2D eigenvalue weighted by molar-refractivity contribution is 6.18. The first kappa shape index (κ1) is 8.50. The third kappa shape index (κ3) is 4.03. The fourth-order valence-corrected chi connectivity index (χ4v) is 0.341. The molecular formula is C6H9ClO2. The van der Waals surface area contributed by atoms with E-state index in [4.69, 9.17) is 16.3 Å². The Morgan fingerprint density at radius 1 is 1.78 bits per heavy atom. The zero-order chi connectivity index (χ0) is 7.28. The fraction of sp³-hybridized carbons (Fsp3) is 0.500. The van der Waals surface area contributed by atoms with Crippen LogP contribution in [0.2, 0.25) is 0 Å². The Morgan fingerprint density at radius 2 is 2.33 bits per heavy atom. The molecule has 0 aromatic heterocycles. The fourth-order valence-electron chi connectivity index (χ4n) is 0.263. The lowest BCUT2D eigenvalue weighted by Crippen LogP contribution is -2.02. The van der Waals surface area contributed by atoms with Gasteiger partial charge in [-0.3, -0.25) is 4.79 Å². The van der Waals surface area contributed by atoms with E-state index in [1.807, 2.05) is 0 Å². The Labute approximate surface area is 59.5 Å². The molecule has 0 aliphatic rings. The van der Waals surface area contributed by atoms with Crippen LogP contribution >= 0.6 is 11.6 Å². The van der Waals surface area contributed by atoms with Crippen molar-refractivity contribution in [3.63, 3.8) is 0 Å². The van der Waals surface area contributed by atoms with Crippen LogP contribution in [0.4, 0.5) is 0 Å². The standard InChI is InChI=1S/C6H9ClO2/c1-5(8)6(2)9-4-3-7/h2-4H2,1H3. The van der Waals surface area contributed by atoms with E-state index in [1.165, 1.54) is 6.92 Å². The van der Waals surface area contributed by atoms with Crippen molar-refractivity contribution < 1.29 is 9.53 Å². The largest absolute Gasteiger partial charge is 0.489 e. The van der Waals surface area contributed by atoms with Crippen LogP contribution < -0.4 is 0 Å². The Hall–Kier alpha value is -0.500. The van der Waals surface area contributed by atoms with Gasteiger partial charge in [0.1, 0.15) is 6.61 Å². The molecule has 0 amide bonds. The molecule has 0 N–H and O–H groups in total. The first-order chi connectivity index (χ1) is 4.18. The second-order valence-electron chi connectivity index (χ2n) is 1.52. The number of hydrogen-bond donors (Lipinski definition) is 0. The summed E-state index contributed by atoms with van der Waals surface area (Å²) in [5, 5.41) is 0. The van der Waals surface area contributed by atoms with Gasteiger partial charge in [0.2, 0.25) is 0 Å². The number of carbonyl (C=O) groups is 1. The van der Waals surface area contributed by atoms with Crippen molar-refractivity contribution in [2.45, 2.75) is 6.92 Å². The quantitative estimate of drug-likeness (QED) is 0.342. The van der Waals surface area contributed by atoms with Crippen LogP contribution in [0.25, 0.3) is 0 Å². The van der Waals surface area contributed by atoms with E-state index in [9.17, 15) is 4.79 Å². The van der Waals surface area contributed by atoms with Crippen LogP contribution in [0, 0.1) is 0 Å². The van der Waals surface area contributed by atoms with E-state index >= 15 is 0 Å². The molecule has 0 saturated carbocycles. The van der Waals surface area contributed by atoms with Crippen molar-refractivity contribution >= 4 is 17.4 Å². The lowest BCUT2D eigenvalue weighted by molar-refractivity contribution is -0.116. The topological polar surface area (TPSA) is 26.3 Å². The van der Waals surface area contributed by atoms with E-state index in [-0.39, 0.29) is 11.5 Å². The van der Waals surface area contributed by atoms with Crippen molar-refractivity contribution in [2.24, 2.45) is 0 Å². The van der Waals surface area contributed by atoms with Gasteiger partial charge in [0, 0.05) is 6.92 Å². The maximum atomic E-state index is 10.4. The number of rotatable bonds is 4. The first-order valence-corrected chi connectivity index (χ1v) is 3.10. The highest BCUT2D eigenvalue weighted by Gasteiger charge is 1.98. The summed E-state index contributed by atoms with van der Waals surface area (Å²) < 4.78 is 4.78. The molecule has 9 heavy (non-hydrogen) atoms. The van der Waals surface area contributed by atoms with E-state index in [0.717, 1.165) is 0 Å². The lowest BCUT2D eigenvalue weighted by Gasteiger charge is -2.01. The molecule has 0 aromatic rings. The Kier molecular flexibility index (Phi) is 4.14. The number of hydrogen-bond acceptors (Lipinski definition) is 2. The summed E-state index contributed by atoms with van der Waals surface area (Å²) in [6, 6.07) is 0. The van der Waals surface area contributed by atoms with Gasteiger partial charge >= 0.3 is 0 Å². The van der Waals surface area contributed by atoms with Crippen molar-refractivity contribution in [1.29, 1.82) is 0 Å². The first-order valence-electron chi connectivity index (χ1n) is 2.57. The van der Waals surface area contributed by atoms with E-state index in [2.05, 4.69) is 6.58 Å². The van der Waals surface area contributed by atoms with Gasteiger partial charge in [0.05, 0.1) is 5.88 Å². The highest BCUT2D eigenvalue weighted by atomic mass is 35.5. The molecule has 0 unspecified atom stereocenters. The summed E-state index contributed by atoms with van der Waals surface area (Å²) in [6.45, 7) is 5.11. The second-order valence-corrected chi connectivity index (χ2v) is 1.89. The second kappa shape index (κ2) is 4.39. The number of halogens is 1. The molecule has 0 bridgehead atoms. The molecule has 3 heteroatoms. The molecule has 2 nitrogen and oxygen atoms in total. The average Bonchev–Trinajstić information content (AvgIpc) is 1.82. The summed E-state index contributed by atoms with van der Waals surface area (Å²) >= 11 is 5.27. The minimum atomic E-state index is -0.153. The molecular weight excluding hydrogens is 140 g/mol. The average molecular weight is 149 g/mol. The van der Waals surface area contributed by atoms with Gasteiger partial charge in [0.15, 0.2) is 11.5 Å². The van der Waals surface area contributed by atoms with Crippen molar-refractivity contribution in [3.05, 3.63) is 12.3 Å². The smallest absolute Gasteiger partial charge is 0.193 e. The normalized spacial score (nSPS) is 8.67. The van der Waals surface area contributed by atoms with Gasteiger partial charge in [-0.2, -0.15) is 0 Å². The zero-order valence-corrected chi connectivity index (χ0v) is 6.07. The van der Waals surface area contributed by atoms with Crippen LogP contribution in [0.5, 0.6) is 0 Å². The van der Waals surface area contributed by atoms with Gasteiger partial charge in [0.25, 0.3) is 0 Å². The van der Waals surface area contributed by atoms with E-state index < -0.39 is 0 Å². The minimum absolute atomic E-state index is 0.153. The van der Waals surface area contributed by atoms with E-state index in [1.54, 1.807) is 0 Å². The minimum Gasteiger partial charge on any atom is -0.489 e. The predicted molar refractivity (Wildman–Crippen MR) is 36.5 cm³/mol. The van der Waals surface area contributed by atoms with Gasteiger partial charge in [-0.05, 0) is 0 Å². The Bertz CT molecular complexity index is 120. The number of alkyl halides is 1. The molecule has 52 valence electrons. The van der Waals surface area contributed by atoms with Crippen LogP contribution in [-0.4, -0.2) is 18.3 Å². The number of ketones is 1. The number of carbonyl (C=O) groups excluding carboxylic acids is 1. The molecule has 0 atom stereocenters. The Balaban J connectivity index is 3.39. The van der Waals surface area contributed by atoms with Gasteiger partial charge < -0.3 is 4.74 Å². The molecule has 0 spiro atoms. The van der Waals surface area contributed by atoms with Crippen molar-refractivity contribution in [3.8, 4) is 0 Å². The maximum absolute atomic E-state index is 10.4. The maximum Gasteiger partial charge on any atom is 0.193 e.